The molecule has 3 rings (SSSR count). The first-order valence-electron chi connectivity index (χ1n) is 12.5. The predicted octanol–water partition coefficient (Wildman–Crippen LogP) is 5.13. The Kier molecular flexibility index (Phi) is 11.7. The highest BCUT2D eigenvalue weighted by atomic mass is 19.1. The molecule has 1 unspecified atom stereocenters. The number of ether oxygens (including phenoxy) is 3. The number of carboxylic acid groups (broad SMARTS) is 1. The molecule has 0 aliphatic carbocycles. The maximum absolute atomic E-state index is 14.1. The van der Waals surface area contributed by atoms with Crippen LogP contribution in [0.25, 0.3) is 0 Å². The van der Waals surface area contributed by atoms with Crippen molar-refractivity contribution >= 4 is 17.7 Å². The third-order valence-electron chi connectivity index (χ3n) is 5.69. The lowest BCUT2D eigenvalue weighted by Crippen LogP contribution is -2.40. The Balaban J connectivity index is 1.56. The van der Waals surface area contributed by atoms with Crippen LogP contribution < -0.4 is 10.1 Å². The van der Waals surface area contributed by atoms with E-state index >= 15 is 0 Å². The molecule has 0 bridgehead atoms. The maximum Gasteiger partial charge on any atom is 0.333 e. The standard InChI is InChI=1S/C29H32F2N2O6/c1-2-38-27(28(34)35)18-21-8-11-24(12-9-21)39-17-15-33(14-16-37-20-22-6-4-3-5-7-22)29(36)32-26-13-10-23(30)19-25(26)31/h3-13,19,27H,2,14-18,20H2,1H3,(H,32,36)(H,34,35). The number of carbonyl (C=O) groups excluding carboxylic acids is 1. The largest absolute Gasteiger partial charge is 0.492 e. The fourth-order valence-corrected chi connectivity index (χ4v) is 3.67. The fourth-order valence-electron chi connectivity index (χ4n) is 3.67. The molecule has 1 atom stereocenters. The van der Waals surface area contributed by atoms with Crippen LogP contribution in [0.5, 0.6) is 5.75 Å². The molecule has 0 spiro atoms. The highest BCUT2D eigenvalue weighted by molar-refractivity contribution is 5.89. The van der Waals surface area contributed by atoms with Crippen molar-refractivity contribution in [2.24, 2.45) is 0 Å². The molecule has 39 heavy (non-hydrogen) atoms. The van der Waals surface area contributed by atoms with Crippen LogP contribution in [-0.4, -0.2) is 61.0 Å². The van der Waals surface area contributed by atoms with Crippen LogP contribution in [0.4, 0.5) is 19.3 Å². The molecule has 0 heterocycles. The fraction of sp³-hybridized carbons (Fsp3) is 0.310. The summed E-state index contributed by atoms with van der Waals surface area (Å²) in [5, 5.41) is 11.7. The zero-order valence-corrected chi connectivity index (χ0v) is 21.6. The Labute approximate surface area is 226 Å². The van der Waals surface area contributed by atoms with E-state index in [1.807, 2.05) is 30.3 Å². The summed E-state index contributed by atoms with van der Waals surface area (Å²) in [6.45, 7) is 3.14. The average Bonchev–Trinajstić information content (AvgIpc) is 2.92. The lowest BCUT2D eigenvalue weighted by Gasteiger charge is -2.23. The molecule has 0 aliphatic rings. The number of anilines is 1. The summed E-state index contributed by atoms with van der Waals surface area (Å²) >= 11 is 0. The summed E-state index contributed by atoms with van der Waals surface area (Å²) in [6, 6.07) is 18.8. The SMILES string of the molecule is CCOC(Cc1ccc(OCCN(CCOCc2ccccc2)C(=O)Nc2ccc(F)cc2F)cc1)C(=O)O. The number of halogens is 2. The zero-order chi connectivity index (χ0) is 28.0. The van der Waals surface area contributed by atoms with E-state index in [1.54, 1.807) is 31.2 Å². The van der Waals surface area contributed by atoms with E-state index in [0.717, 1.165) is 23.3 Å². The Morgan fingerprint density at radius 1 is 0.949 bits per heavy atom. The third kappa shape index (κ3) is 9.99. The second-order valence-electron chi connectivity index (χ2n) is 8.56. The number of hydrogen-bond acceptors (Lipinski definition) is 5. The highest BCUT2D eigenvalue weighted by Crippen LogP contribution is 2.17. The van der Waals surface area contributed by atoms with E-state index in [4.69, 9.17) is 14.2 Å². The quantitative estimate of drug-likeness (QED) is 0.259. The van der Waals surface area contributed by atoms with Crippen LogP contribution >= 0.6 is 0 Å². The Morgan fingerprint density at radius 3 is 2.33 bits per heavy atom. The number of nitrogens with zero attached hydrogens (tertiary/aromatic N) is 1. The summed E-state index contributed by atoms with van der Waals surface area (Å²) in [7, 11) is 0. The first kappa shape index (κ1) is 29.5. The van der Waals surface area contributed by atoms with Gasteiger partial charge in [-0.05, 0) is 42.3 Å². The van der Waals surface area contributed by atoms with Crippen LogP contribution in [0.3, 0.4) is 0 Å². The second-order valence-corrected chi connectivity index (χ2v) is 8.56. The first-order chi connectivity index (χ1) is 18.9. The van der Waals surface area contributed by atoms with Crippen LogP contribution in [0, 0.1) is 11.6 Å². The summed E-state index contributed by atoms with van der Waals surface area (Å²) in [6.07, 6.45) is -0.704. The van der Waals surface area contributed by atoms with Gasteiger partial charge >= 0.3 is 12.0 Å². The van der Waals surface area contributed by atoms with E-state index in [9.17, 15) is 23.5 Å². The highest BCUT2D eigenvalue weighted by Gasteiger charge is 2.18. The second kappa shape index (κ2) is 15.4. The molecule has 8 nitrogen and oxygen atoms in total. The van der Waals surface area contributed by atoms with Crippen molar-refractivity contribution in [1.82, 2.24) is 4.90 Å². The molecule has 2 amide bonds. The maximum atomic E-state index is 14.1. The van der Waals surface area contributed by atoms with Gasteiger partial charge in [0.2, 0.25) is 0 Å². The van der Waals surface area contributed by atoms with E-state index in [-0.39, 0.29) is 38.4 Å². The molecule has 0 aromatic heterocycles. The Hall–Kier alpha value is -4.02. The summed E-state index contributed by atoms with van der Waals surface area (Å²) < 4.78 is 44.0. The zero-order valence-electron chi connectivity index (χ0n) is 21.6. The van der Waals surface area contributed by atoms with Gasteiger partial charge in [-0.25, -0.2) is 18.4 Å². The number of rotatable bonds is 15. The monoisotopic (exact) mass is 542 g/mol. The molecule has 0 radical (unpaired) electrons. The van der Waals surface area contributed by atoms with Crippen molar-refractivity contribution in [3.8, 4) is 5.75 Å². The lowest BCUT2D eigenvalue weighted by molar-refractivity contribution is -0.149. The molecule has 0 aliphatic heterocycles. The minimum Gasteiger partial charge on any atom is -0.492 e. The average molecular weight is 543 g/mol. The summed E-state index contributed by atoms with van der Waals surface area (Å²) in [5.41, 5.74) is 1.63. The van der Waals surface area contributed by atoms with E-state index in [2.05, 4.69) is 5.32 Å². The predicted molar refractivity (Wildman–Crippen MR) is 142 cm³/mol. The summed E-state index contributed by atoms with van der Waals surface area (Å²) in [5.74, 6) is -2.11. The van der Waals surface area contributed by atoms with Gasteiger partial charge in [-0.1, -0.05) is 42.5 Å². The normalized spacial score (nSPS) is 11.6. The number of urea groups is 1. The Bertz CT molecular complexity index is 1190. The molecule has 3 aromatic carbocycles. The molecule has 0 saturated heterocycles. The number of amides is 2. The van der Waals surface area contributed by atoms with Crippen molar-refractivity contribution in [1.29, 1.82) is 0 Å². The van der Waals surface area contributed by atoms with E-state index in [1.165, 1.54) is 4.90 Å². The number of carboxylic acids is 1. The Morgan fingerprint density at radius 2 is 1.67 bits per heavy atom. The number of hydrogen-bond donors (Lipinski definition) is 2. The van der Waals surface area contributed by atoms with Gasteiger partial charge in [-0.3, -0.25) is 0 Å². The van der Waals surface area contributed by atoms with Gasteiger partial charge in [0.05, 0.1) is 25.4 Å². The minimum absolute atomic E-state index is 0.133. The van der Waals surface area contributed by atoms with Crippen LogP contribution in [0.1, 0.15) is 18.1 Å². The topological polar surface area (TPSA) is 97.3 Å². The van der Waals surface area contributed by atoms with Gasteiger partial charge < -0.3 is 29.5 Å². The van der Waals surface area contributed by atoms with Gasteiger partial charge in [0.1, 0.15) is 24.0 Å². The number of carbonyl (C=O) groups is 2. The van der Waals surface area contributed by atoms with Gasteiger partial charge in [-0.2, -0.15) is 0 Å². The van der Waals surface area contributed by atoms with Crippen molar-refractivity contribution in [3.63, 3.8) is 0 Å². The third-order valence-corrected chi connectivity index (χ3v) is 5.69. The van der Waals surface area contributed by atoms with Crippen molar-refractivity contribution in [2.75, 3.05) is 38.2 Å². The van der Waals surface area contributed by atoms with Crippen LogP contribution in [0.15, 0.2) is 72.8 Å². The first-order valence-corrected chi connectivity index (χ1v) is 12.5. The number of nitrogens with one attached hydrogen (secondary N) is 1. The number of benzene rings is 3. The lowest BCUT2D eigenvalue weighted by atomic mass is 10.1. The minimum atomic E-state index is -1.02. The molecule has 208 valence electrons. The summed E-state index contributed by atoms with van der Waals surface area (Å²) in [4.78, 5) is 25.6. The van der Waals surface area contributed by atoms with Crippen LogP contribution in [-0.2, 0) is 27.3 Å². The molecular formula is C29H32F2N2O6. The molecule has 0 fully saturated rings. The smallest absolute Gasteiger partial charge is 0.333 e. The van der Waals surface area contributed by atoms with E-state index in [0.29, 0.717) is 25.0 Å². The van der Waals surface area contributed by atoms with Crippen molar-refractivity contribution in [2.45, 2.75) is 26.1 Å². The van der Waals surface area contributed by atoms with Gasteiger partial charge in [0.25, 0.3) is 0 Å². The molecule has 10 heteroatoms. The van der Waals surface area contributed by atoms with Crippen molar-refractivity contribution in [3.05, 3.63) is 95.6 Å². The molecular weight excluding hydrogens is 510 g/mol. The molecule has 0 saturated carbocycles. The molecule has 2 N–H and O–H groups in total. The van der Waals surface area contributed by atoms with Crippen molar-refractivity contribution < 1.29 is 37.7 Å². The molecule has 3 aromatic rings. The van der Waals surface area contributed by atoms with E-state index < -0.39 is 29.7 Å². The van der Waals surface area contributed by atoms with Gasteiger partial charge in [-0.15, -0.1) is 0 Å². The number of aliphatic carboxylic acids is 1. The van der Waals surface area contributed by atoms with Gasteiger partial charge in [0.15, 0.2) is 6.10 Å². The van der Waals surface area contributed by atoms with Gasteiger partial charge in [0, 0.05) is 25.6 Å². The van der Waals surface area contributed by atoms with Crippen LogP contribution in [0.2, 0.25) is 0 Å².